The number of halogens is 1. The summed E-state index contributed by atoms with van der Waals surface area (Å²) in [5, 5.41) is 2.54. The Hall–Kier alpha value is -3.03. The number of carbonyl (C=O) groups is 2. The van der Waals surface area contributed by atoms with Crippen LogP contribution in [0.4, 0.5) is 4.39 Å². The van der Waals surface area contributed by atoms with E-state index in [-0.39, 0.29) is 5.69 Å². The molecule has 2 fully saturated rings. The maximum atomic E-state index is 13.1. The summed E-state index contributed by atoms with van der Waals surface area (Å²) in [4.78, 5) is 33.2. The lowest BCUT2D eigenvalue weighted by molar-refractivity contribution is -0.120. The molecule has 0 aliphatic heterocycles. The second-order valence-corrected chi connectivity index (χ2v) is 7.33. The van der Waals surface area contributed by atoms with Crippen molar-refractivity contribution in [2.24, 2.45) is 11.7 Å². The van der Waals surface area contributed by atoms with Gasteiger partial charge in [0.25, 0.3) is 5.91 Å². The molecule has 8 heteroatoms. The first-order valence-corrected chi connectivity index (χ1v) is 9.36. The summed E-state index contributed by atoms with van der Waals surface area (Å²) in [6.45, 7) is 0.568. The number of ether oxygens (including phenoxy) is 1. The molecule has 4 rings (SSSR count). The topological polar surface area (TPSA) is 107 Å². The van der Waals surface area contributed by atoms with Crippen LogP contribution >= 0.6 is 0 Å². The number of nitrogens with two attached hydrogens (primary N) is 1. The number of amides is 2. The molecule has 0 unspecified atom stereocenters. The Bertz CT molecular complexity index is 895. The van der Waals surface area contributed by atoms with Gasteiger partial charge >= 0.3 is 0 Å². The van der Waals surface area contributed by atoms with E-state index >= 15 is 0 Å². The van der Waals surface area contributed by atoms with E-state index in [1.54, 1.807) is 0 Å². The molecule has 1 aromatic carbocycles. The molecule has 1 aromatic heterocycles. The maximum Gasteiger partial charge on any atom is 0.272 e. The highest BCUT2D eigenvalue weighted by molar-refractivity contribution is 5.96. The molecule has 2 amide bonds. The lowest BCUT2D eigenvalue weighted by atomic mass is 10.1. The number of nitrogens with zero attached hydrogens (tertiary/aromatic N) is 2. The van der Waals surface area contributed by atoms with Crippen LogP contribution in [0.3, 0.4) is 0 Å². The lowest BCUT2D eigenvalue weighted by Gasteiger charge is -2.16. The van der Waals surface area contributed by atoms with Crippen molar-refractivity contribution < 1.29 is 18.7 Å². The van der Waals surface area contributed by atoms with E-state index in [2.05, 4.69) is 15.3 Å². The van der Waals surface area contributed by atoms with E-state index in [9.17, 15) is 14.0 Å². The molecule has 0 radical (unpaired) electrons. The van der Waals surface area contributed by atoms with Crippen LogP contribution in [0.1, 0.15) is 59.4 Å². The molecule has 146 valence electrons. The third-order valence-electron chi connectivity index (χ3n) is 4.88. The van der Waals surface area contributed by atoms with E-state index < -0.39 is 23.7 Å². The van der Waals surface area contributed by atoms with Crippen LogP contribution < -0.4 is 15.8 Å². The van der Waals surface area contributed by atoms with Gasteiger partial charge in [-0.25, -0.2) is 9.37 Å². The molecular formula is C20H21FN4O3. The van der Waals surface area contributed by atoms with E-state index in [0.29, 0.717) is 29.9 Å². The Labute approximate surface area is 161 Å². The van der Waals surface area contributed by atoms with Gasteiger partial charge in [-0.2, -0.15) is 0 Å². The molecule has 2 aromatic rings. The van der Waals surface area contributed by atoms with Crippen LogP contribution in [0.5, 0.6) is 5.88 Å². The normalized spacial score (nSPS) is 17.0. The maximum absolute atomic E-state index is 13.1. The molecule has 0 bridgehead atoms. The quantitative estimate of drug-likeness (QED) is 0.726. The van der Waals surface area contributed by atoms with Crippen molar-refractivity contribution in [3.05, 3.63) is 53.2 Å². The number of hydrogen-bond acceptors (Lipinski definition) is 5. The minimum Gasteiger partial charge on any atom is -0.476 e. The first-order valence-electron chi connectivity index (χ1n) is 9.36. The van der Waals surface area contributed by atoms with Crippen molar-refractivity contribution >= 4 is 11.8 Å². The second kappa shape index (κ2) is 7.53. The van der Waals surface area contributed by atoms with Crippen molar-refractivity contribution in [2.75, 3.05) is 6.61 Å². The van der Waals surface area contributed by atoms with Gasteiger partial charge in [0, 0.05) is 5.92 Å². The van der Waals surface area contributed by atoms with Crippen LogP contribution in [0, 0.1) is 11.7 Å². The number of aromatic nitrogens is 2. The fourth-order valence-electron chi connectivity index (χ4n) is 2.89. The van der Waals surface area contributed by atoms with Gasteiger partial charge in [-0.05, 0) is 49.3 Å². The van der Waals surface area contributed by atoms with E-state index in [0.717, 1.165) is 31.4 Å². The van der Waals surface area contributed by atoms with Gasteiger partial charge < -0.3 is 15.8 Å². The molecular weight excluding hydrogens is 363 g/mol. The first-order chi connectivity index (χ1) is 13.5. The van der Waals surface area contributed by atoms with Crippen LogP contribution in [0.2, 0.25) is 0 Å². The fourth-order valence-corrected chi connectivity index (χ4v) is 2.89. The Morgan fingerprint density at radius 3 is 2.54 bits per heavy atom. The van der Waals surface area contributed by atoms with Crippen molar-refractivity contribution in [3.8, 4) is 5.88 Å². The molecule has 2 aliphatic rings. The Kier molecular flexibility index (Phi) is 4.93. The number of benzene rings is 1. The van der Waals surface area contributed by atoms with Crippen molar-refractivity contribution in [1.29, 1.82) is 0 Å². The van der Waals surface area contributed by atoms with Gasteiger partial charge in [0.05, 0.1) is 12.8 Å². The summed E-state index contributed by atoms with van der Waals surface area (Å²) in [6.07, 6.45) is 5.74. The van der Waals surface area contributed by atoms with Gasteiger partial charge in [0.2, 0.25) is 11.8 Å². The number of rotatable bonds is 8. The summed E-state index contributed by atoms with van der Waals surface area (Å²) in [7, 11) is 0. The highest BCUT2D eigenvalue weighted by Gasteiger charge is 2.32. The van der Waals surface area contributed by atoms with Crippen LogP contribution in [0.25, 0.3) is 0 Å². The van der Waals surface area contributed by atoms with Gasteiger partial charge in [-0.1, -0.05) is 12.1 Å². The fraction of sp³-hybridized carbons (Fsp3) is 0.400. The van der Waals surface area contributed by atoms with Gasteiger partial charge in [-0.3, -0.25) is 14.6 Å². The molecule has 28 heavy (non-hydrogen) atoms. The third-order valence-corrected chi connectivity index (χ3v) is 4.88. The highest BCUT2D eigenvalue weighted by Crippen LogP contribution is 2.42. The average Bonchev–Trinajstić information content (AvgIpc) is 3.58. The molecule has 3 N–H and O–H groups in total. The zero-order valence-corrected chi connectivity index (χ0v) is 15.2. The van der Waals surface area contributed by atoms with E-state index in [4.69, 9.17) is 10.5 Å². The standard InChI is InChI=1S/C20H21FN4O3/c21-14-7-5-12(6-8-14)16(18(22)26)25-19(27)15-9-23-17(13-3-4-13)20(24-15)28-10-11-1-2-11/h5-9,11,13,16H,1-4,10H2,(H2,22,26)(H,25,27)/t16-/m0/s1. The van der Waals surface area contributed by atoms with Gasteiger partial charge in [0.15, 0.2) is 5.69 Å². The molecule has 2 saturated carbocycles. The lowest BCUT2D eigenvalue weighted by Crippen LogP contribution is -2.38. The number of carbonyl (C=O) groups excluding carboxylic acids is 2. The molecule has 0 spiro atoms. The summed E-state index contributed by atoms with van der Waals surface area (Å²) in [6, 6.07) is 4.10. The van der Waals surface area contributed by atoms with Crippen LogP contribution in [-0.2, 0) is 4.79 Å². The highest BCUT2D eigenvalue weighted by atomic mass is 19.1. The Morgan fingerprint density at radius 1 is 1.21 bits per heavy atom. The zero-order valence-electron chi connectivity index (χ0n) is 15.2. The summed E-state index contributed by atoms with van der Waals surface area (Å²) < 4.78 is 18.9. The minimum atomic E-state index is -1.10. The van der Waals surface area contributed by atoms with Crippen molar-refractivity contribution in [1.82, 2.24) is 15.3 Å². The molecule has 0 saturated heterocycles. The molecule has 7 nitrogen and oxygen atoms in total. The Morgan fingerprint density at radius 2 is 1.93 bits per heavy atom. The summed E-state index contributed by atoms with van der Waals surface area (Å²) >= 11 is 0. The average molecular weight is 384 g/mol. The predicted octanol–water partition coefficient (Wildman–Crippen LogP) is 2.24. The molecule has 2 aliphatic carbocycles. The SMILES string of the molecule is NC(=O)[C@@H](NC(=O)c1cnc(C2CC2)c(OCC2CC2)n1)c1ccc(F)cc1. The first kappa shape index (κ1) is 18.3. The van der Waals surface area contributed by atoms with Crippen LogP contribution in [-0.4, -0.2) is 28.4 Å². The molecule has 1 atom stereocenters. The monoisotopic (exact) mass is 384 g/mol. The number of hydrogen-bond donors (Lipinski definition) is 2. The van der Waals surface area contributed by atoms with E-state index in [1.165, 1.54) is 30.5 Å². The van der Waals surface area contributed by atoms with Gasteiger partial charge in [0.1, 0.15) is 17.6 Å². The predicted molar refractivity (Wildman–Crippen MR) is 98.0 cm³/mol. The minimum absolute atomic E-state index is 0.0450. The number of nitrogens with one attached hydrogen (secondary N) is 1. The number of primary amides is 1. The van der Waals surface area contributed by atoms with Crippen molar-refractivity contribution in [2.45, 2.75) is 37.6 Å². The third kappa shape index (κ3) is 4.27. The van der Waals surface area contributed by atoms with Crippen LogP contribution in [0.15, 0.2) is 30.5 Å². The molecule has 1 heterocycles. The summed E-state index contributed by atoms with van der Waals surface area (Å²) in [5.41, 5.74) is 6.62. The smallest absolute Gasteiger partial charge is 0.272 e. The van der Waals surface area contributed by atoms with E-state index in [1.807, 2.05) is 0 Å². The zero-order chi connectivity index (χ0) is 19.7. The largest absolute Gasteiger partial charge is 0.476 e. The van der Waals surface area contributed by atoms with Crippen molar-refractivity contribution in [3.63, 3.8) is 0 Å². The Balaban J connectivity index is 1.53. The second-order valence-electron chi connectivity index (χ2n) is 7.33. The summed E-state index contributed by atoms with van der Waals surface area (Å²) in [5.74, 6) is -0.538. The van der Waals surface area contributed by atoms with Gasteiger partial charge in [-0.15, -0.1) is 0 Å².